The molecule has 3 N–H and O–H groups in total. The number of unbranched alkanes of at least 4 members (excludes halogenated alkanes) is 1. The molecule has 0 radical (unpaired) electrons. The number of aliphatic carboxylic acids is 2. The minimum atomic E-state index is -1.82. The van der Waals surface area contributed by atoms with Crippen LogP contribution in [0.15, 0.2) is 40.9 Å². The van der Waals surface area contributed by atoms with Crippen molar-refractivity contribution in [3.05, 3.63) is 40.9 Å². The summed E-state index contributed by atoms with van der Waals surface area (Å²) >= 11 is 3.66. The largest absolute Gasteiger partial charge is 0.492 e. The van der Waals surface area contributed by atoms with Gasteiger partial charge in [0.25, 0.3) is 0 Å². The highest BCUT2D eigenvalue weighted by Crippen LogP contribution is 2.33. The van der Waals surface area contributed by atoms with Crippen LogP contribution in [0, 0.1) is 0 Å². The van der Waals surface area contributed by atoms with Gasteiger partial charge in [-0.3, -0.25) is 0 Å². The van der Waals surface area contributed by atoms with Gasteiger partial charge in [0.15, 0.2) is 0 Å². The lowest BCUT2D eigenvalue weighted by Crippen LogP contribution is -2.26. The van der Waals surface area contributed by atoms with E-state index in [2.05, 4.69) is 65.4 Å². The zero-order valence-corrected chi connectivity index (χ0v) is 17.2. The van der Waals surface area contributed by atoms with Crippen molar-refractivity contribution in [2.24, 2.45) is 0 Å². The van der Waals surface area contributed by atoms with Crippen LogP contribution in [-0.4, -0.2) is 41.3 Å². The number of halogens is 1. The van der Waals surface area contributed by atoms with Crippen LogP contribution in [0.1, 0.15) is 33.1 Å². The molecule has 7 heteroatoms. The predicted molar refractivity (Wildman–Crippen MR) is 109 cm³/mol. The number of ether oxygens (including phenoxy) is 1. The molecule has 0 fully saturated rings. The van der Waals surface area contributed by atoms with Crippen molar-refractivity contribution in [2.75, 3.05) is 13.2 Å². The summed E-state index contributed by atoms with van der Waals surface area (Å²) in [5, 5.41) is 20.7. The van der Waals surface area contributed by atoms with Gasteiger partial charge in [0.05, 0.1) is 11.1 Å². The van der Waals surface area contributed by atoms with Crippen molar-refractivity contribution >= 4 is 38.6 Å². The van der Waals surface area contributed by atoms with E-state index < -0.39 is 11.9 Å². The standard InChI is InChI=1S/C18H24BrNO.C2H2O4/c1-3-14(2)20-12-6-7-13-21-17-11-10-15-8-4-5-9-16(15)18(17)19;3-1(4)2(5)6/h4-5,8-11,14,20H,3,6-7,12-13H2,1-2H3;(H,3,4)(H,5,6). The molecule has 0 aliphatic carbocycles. The second-order valence-corrected chi connectivity index (χ2v) is 6.82. The van der Waals surface area contributed by atoms with Gasteiger partial charge in [0.1, 0.15) is 5.75 Å². The van der Waals surface area contributed by atoms with Crippen LogP contribution in [0.3, 0.4) is 0 Å². The molecule has 6 nitrogen and oxygen atoms in total. The summed E-state index contributed by atoms with van der Waals surface area (Å²) in [6, 6.07) is 13.1. The van der Waals surface area contributed by atoms with Crippen molar-refractivity contribution in [3.63, 3.8) is 0 Å². The predicted octanol–water partition coefficient (Wildman–Crippen LogP) is 4.31. The first-order valence-electron chi connectivity index (χ1n) is 8.86. The van der Waals surface area contributed by atoms with E-state index in [0.717, 1.165) is 36.2 Å². The maximum Gasteiger partial charge on any atom is 0.414 e. The molecule has 0 aliphatic rings. The Morgan fingerprint density at radius 3 is 2.41 bits per heavy atom. The van der Waals surface area contributed by atoms with Crippen LogP contribution in [-0.2, 0) is 9.59 Å². The smallest absolute Gasteiger partial charge is 0.414 e. The lowest BCUT2D eigenvalue weighted by atomic mass is 10.1. The Balaban J connectivity index is 0.000000527. The average Bonchev–Trinajstić information content (AvgIpc) is 2.66. The van der Waals surface area contributed by atoms with Crippen LogP contribution in [0.5, 0.6) is 5.75 Å². The summed E-state index contributed by atoms with van der Waals surface area (Å²) in [6.45, 7) is 6.26. The van der Waals surface area contributed by atoms with Crippen LogP contribution >= 0.6 is 15.9 Å². The molecule has 148 valence electrons. The number of hydrogen-bond acceptors (Lipinski definition) is 4. The first kappa shape index (κ1) is 22.9. The summed E-state index contributed by atoms with van der Waals surface area (Å²) in [6.07, 6.45) is 3.40. The summed E-state index contributed by atoms with van der Waals surface area (Å²) in [4.78, 5) is 18.2. The fourth-order valence-corrected chi connectivity index (χ4v) is 2.83. The van der Waals surface area contributed by atoms with Gasteiger partial charge in [0, 0.05) is 6.04 Å². The van der Waals surface area contributed by atoms with Gasteiger partial charge in [0.2, 0.25) is 0 Å². The highest BCUT2D eigenvalue weighted by atomic mass is 79.9. The maximum absolute atomic E-state index is 9.10. The average molecular weight is 440 g/mol. The summed E-state index contributed by atoms with van der Waals surface area (Å²) in [5.41, 5.74) is 0. The van der Waals surface area contributed by atoms with Gasteiger partial charge >= 0.3 is 11.9 Å². The van der Waals surface area contributed by atoms with Crippen LogP contribution < -0.4 is 10.1 Å². The molecule has 0 saturated carbocycles. The van der Waals surface area contributed by atoms with Crippen molar-refractivity contribution in [1.82, 2.24) is 5.32 Å². The number of hydrogen-bond donors (Lipinski definition) is 3. The minimum Gasteiger partial charge on any atom is -0.492 e. The summed E-state index contributed by atoms with van der Waals surface area (Å²) in [5.74, 6) is -2.71. The van der Waals surface area contributed by atoms with Crippen molar-refractivity contribution in [1.29, 1.82) is 0 Å². The fourth-order valence-electron chi connectivity index (χ4n) is 2.23. The van der Waals surface area contributed by atoms with Crippen molar-refractivity contribution in [3.8, 4) is 5.75 Å². The molecule has 0 saturated heterocycles. The quantitative estimate of drug-likeness (QED) is 0.418. The Bertz CT molecular complexity index is 738. The van der Waals surface area contributed by atoms with E-state index in [1.165, 1.54) is 17.2 Å². The third-order valence-corrected chi connectivity index (χ3v) is 4.76. The highest BCUT2D eigenvalue weighted by Gasteiger charge is 2.06. The van der Waals surface area contributed by atoms with Gasteiger partial charge in [-0.15, -0.1) is 0 Å². The number of rotatable bonds is 8. The Morgan fingerprint density at radius 1 is 1.11 bits per heavy atom. The number of nitrogens with one attached hydrogen (secondary N) is 1. The first-order valence-corrected chi connectivity index (χ1v) is 9.65. The van der Waals surface area contributed by atoms with Gasteiger partial charge in [-0.1, -0.05) is 37.3 Å². The summed E-state index contributed by atoms with van der Waals surface area (Å²) < 4.78 is 6.96. The van der Waals surface area contributed by atoms with Gasteiger partial charge in [-0.05, 0) is 65.5 Å². The molecule has 0 amide bonds. The summed E-state index contributed by atoms with van der Waals surface area (Å²) in [7, 11) is 0. The van der Waals surface area contributed by atoms with E-state index in [1.807, 2.05) is 6.07 Å². The minimum absolute atomic E-state index is 0.612. The number of fused-ring (bicyclic) bond motifs is 1. The SMILES string of the molecule is CCC(C)NCCCCOc1ccc2ccccc2c1Br.O=C(O)C(=O)O. The third-order valence-electron chi connectivity index (χ3n) is 3.94. The van der Waals surface area contributed by atoms with Gasteiger partial charge in [-0.25, -0.2) is 9.59 Å². The zero-order chi connectivity index (χ0) is 20.2. The van der Waals surface area contributed by atoms with E-state index in [9.17, 15) is 0 Å². The van der Waals surface area contributed by atoms with E-state index in [-0.39, 0.29) is 0 Å². The molecule has 1 unspecified atom stereocenters. The first-order chi connectivity index (χ1) is 12.9. The normalized spacial score (nSPS) is 11.4. The Hall–Kier alpha value is -2.12. The van der Waals surface area contributed by atoms with Gasteiger partial charge in [-0.2, -0.15) is 0 Å². The second-order valence-electron chi connectivity index (χ2n) is 6.03. The molecule has 1 atom stereocenters. The number of carboxylic acids is 2. The number of carbonyl (C=O) groups is 2. The number of carboxylic acid groups (broad SMARTS) is 2. The van der Waals surface area contributed by atoms with Crippen molar-refractivity contribution in [2.45, 2.75) is 39.2 Å². The topological polar surface area (TPSA) is 95.9 Å². The molecule has 0 bridgehead atoms. The Labute approximate surface area is 167 Å². The van der Waals surface area contributed by atoms with E-state index in [4.69, 9.17) is 24.5 Å². The third kappa shape index (κ3) is 8.41. The van der Waals surface area contributed by atoms with Gasteiger partial charge < -0.3 is 20.3 Å². The molecule has 27 heavy (non-hydrogen) atoms. The van der Waals surface area contributed by atoms with E-state index in [0.29, 0.717) is 6.04 Å². The lowest BCUT2D eigenvalue weighted by molar-refractivity contribution is -0.159. The monoisotopic (exact) mass is 439 g/mol. The van der Waals surface area contributed by atoms with E-state index >= 15 is 0 Å². The molecular formula is C20H26BrNO5. The van der Waals surface area contributed by atoms with Crippen LogP contribution in [0.4, 0.5) is 0 Å². The Kier molecular flexibility index (Phi) is 10.4. The van der Waals surface area contributed by atoms with Crippen LogP contribution in [0.25, 0.3) is 10.8 Å². The van der Waals surface area contributed by atoms with Crippen molar-refractivity contribution < 1.29 is 24.5 Å². The van der Waals surface area contributed by atoms with E-state index in [1.54, 1.807) is 0 Å². The second kappa shape index (κ2) is 12.3. The molecular weight excluding hydrogens is 414 g/mol. The lowest BCUT2D eigenvalue weighted by Gasteiger charge is -2.12. The molecule has 2 rings (SSSR count). The zero-order valence-electron chi connectivity index (χ0n) is 15.6. The molecule has 2 aromatic carbocycles. The maximum atomic E-state index is 9.10. The fraction of sp³-hybridized carbons (Fsp3) is 0.400. The molecule has 0 aromatic heterocycles. The molecule has 0 heterocycles. The molecule has 2 aromatic rings. The molecule has 0 aliphatic heterocycles. The highest BCUT2D eigenvalue weighted by molar-refractivity contribution is 9.10. The number of benzene rings is 2. The molecule has 0 spiro atoms. The van der Waals surface area contributed by atoms with Crippen LogP contribution in [0.2, 0.25) is 0 Å². The Morgan fingerprint density at radius 2 is 1.78 bits per heavy atom.